The highest BCUT2D eigenvalue weighted by molar-refractivity contribution is 6.40. The topological polar surface area (TPSA) is 82.2 Å². The Kier molecular flexibility index (Phi) is 4.80. The van der Waals surface area contributed by atoms with Gasteiger partial charge in [-0.2, -0.15) is 5.10 Å². The number of likely N-dealkylation sites (N-methyl/N-ethyl adjacent to an activating group) is 1. The van der Waals surface area contributed by atoms with Gasteiger partial charge in [-0.1, -0.05) is 18.2 Å². The molecule has 2 N–H and O–H groups in total. The van der Waals surface area contributed by atoms with Crippen molar-refractivity contribution in [2.45, 2.75) is 18.9 Å². The van der Waals surface area contributed by atoms with Gasteiger partial charge in [0, 0.05) is 26.1 Å². The first kappa shape index (κ1) is 16.4. The molecule has 1 aromatic carbocycles. The Morgan fingerprint density at radius 3 is 2.58 bits per heavy atom. The number of amides is 2. The van der Waals surface area contributed by atoms with Crippen LogP contribution in [-0.2, 0) is 9.59 Å². The van der Waals surface area contributed by atoms with E-state index >= 15 is 0 Å². The Hall–Kier alpha value is -2.41. The van der Waals surface area contributed by atoms with Crippen LogP contribution in [-0.4, -0.2) is 66.6 Å². The van der Waals surface area contributed by atoms with Gasteiger partial charge in [0.2, 0.25) is 5.91 Å². The first-order valence-corrected chi connectivity index (χ1v) is 8.25. The average Bonchev–Trinajstić information content (AvgIpc) is 2.92. The van der Waals surface area contributed by atoms with E-state index in [4.69, 9.17) is 5.73 Å². The highest BCUT2D eigenvalue weighted by Gasteiger charge is 2.36. The molecule has 2 amide bonds. The fourth-order valence-electron chi connectivity index (χ4n) is 3.11. The van der Waals surface area contributed by atoms with Crippen LogP contribution in [0.15, 0.2) is 35.4 Å². The highest BCUT2D eigenvalue weighted by atomic mass is 16.2. The van der Waals surface area contributed by atoms with Crippen LogP contribution < -0.4 is 10.7 Å². The molecule has 0 bridgehead atoms. The quantitative estimate of drug-likeness (QED) is 0.863. The number of hydrogen-bond acceptors (Lipinski definition) is 5. The number of carbonyl (C=O) groups is 2. The van der Waals surface area contributed by atoms with E-state index in [0.717, 1.165) is 31.7 Å². The zero-order valence-electron chi connectivity index (χ0n) is 13.9. The number of primary amides is 1. The maximum Gasteiger partial charge on any atom is 0.270 e. The third-order valence-electron chi connectivity index (χ3n) is 4.51. The van der Waals surface area contributed by atoms with Crippen molar-refractivity contribution in [2.24, 2.45) is 10.8 Å². The number of hydrogen-bond donors (Lipinski definition) is 1. The minimum absolute atomic E-state index is 0.0880. The zero-order chi connectivity index (χ0) is 17.1. The SMILES string of the molecule is CN1CCCN(C(=O)C2=NN(c3ccccc3)C(C(N)=O)C2)CC1. The molecule has 1 atom stereocenters. The van der Waals surface area contributed by atoms with Crippen LogP contribution >= 0.6 is 0 Å². The van der Waals surface area contributed by atoms with Crippen LogP contribution in [0.3, 0.4) is 0 Å². The Bertz CT molecular complexity index is 646. The molecule has 2 heterocycles. The van der Waals surface area contributed by atoms with Gasteiger partial charge >= 0.3 is 0 Å². The summed E-state index contributed by atoms with van der Waals surface area (Å²) in [6.07, 6.45) is 1.20. The fraction of sp³-hybridized carbons (Fsp3) is 0.471. The van der Waals surface area contributed by atoms with Crippen molar-refractivity contribution < 1.29 is 9.59 Å². The van der Waals surface area contributed by atoms with Gasteiger partial charge in [-0.15, -0.1) is 0 Å². The Morgan fingerprint density at radius 2 is 1.88 bits per heavy atom. The molecule has 0 aromatic heterocycles. The van der Waals surface area contributed by atoms with Crippen molar-refractivity contribution >= 4 is 23.2 Å². The van der Waals surface area contributed by atoms with Crippen LogP contribution in [0.25, 0.3) is 0 Å². The molecule has 1 unspecified atom stereocenters. The lowest BCUT2D eigenvalue weighted by Gasteiger charge is -2.20. The van der Waals surface area contributed by atoms with Gasteiger partial charge in [0.15, 0.2) is 0 Å². The van der Waals surface area contributed by atoms with Crippen LogP contribution in [0.2, 0.25) is 0 Å². The second kappa shape index (κ2) is 7.00. The smallest absolute Gasteiger partial charge is 0.270 e. The minimum Gasteiger partial charge on any atom is -0.368 e. The Balaban J connectivity index is 1.80. The van der Waals surface area contributed by atoms with Gasteiger partial charge in [0.05, 0.1) is 5.69 Å². The van der Waals surface area contributed by atoms with E-state index in [0.29, 0.717) is 12.3 Å². The van der Waals surface area contributed by atoms with Crippen LogP contribution in [0.1, 0.15) is 12.8 Å². The molecular formula is C17H23N5O2. The molecule has 0 radical (unpaired) electrons. The van der Waals surface area contributed by atoms with Crippen LogP contribution in [0, 0.1) is 0 Å². The molecular weight excluding hydrogens is 306 g/mol. The standard InChI is InChI=1S/C17H23N5O2/c1-20-8-5-9-21(11-10-20)17(24)14-12-15(16(18)23)22(19-14)13-6-3-2-4-7-13/h2-4,6-7,15H,5,8-12H2,1H3,(H2,18,23). The van der Waals surface area contributed by atoms with Crippen LogP contribution in [0.5, 0.6) is 0 Å². The predicted octanol–water partition coefficient (Wildman–Crippen LogP) is 0.271. The maximum atomic E-state index is 12.8. The van der Waals surface area contributed by atoms with E-state index < -0.39 is 11.9 Å². The van der Waals surface area contributed by atoms with E-state index in [1.54, 1.807) is 5.01 Å². The van der Waals surface area contributed by atoms with Gasteiger partial charge in [-0.3, -0.25) is 14.6 Å². The number of nitrogens with two attached hydrogens (primary N) is 1. The molecule has 0 saturated carbocycles. The van der Waals surface area contributed by atoms with Crippen LogP contribution in [0.4, 0.5) is 5.69 Å². The van der Waals surface area contributed by atoms with Gasteiger partial charge in [-0.05, 0) is 32.1 Å². The van der Waals surface area contributed by atoms with Gasteiger partial charge < -0.3 is 15.5 Å². The highest BCUT2D eigenvalue weighted by Crippen LogP contribution is 2.25. The van der Waals surface area contributed by atoms with Gasteiger partial charge in [0.25, 0.3) is 5.91 Å². The summed E-state index contributed by atoms with van der Waals surface area (Å²) in [5.74, 6) is -0.559. The van der Waals surface area contributed by atoms with Crippen molar-refractivity contribution in [3.05, 3.63) is 30.3 Å². The fourth-order valence-corrected chi connectivity index (χ4v) is 3.11. The van der Waals surface area contributed by atoms with Gasteiger partial charge in [0.1, 0.15) is 11.8 Å². The number of rotatable bonds is 3. The molecule has 1 saturated heterocycles. The number of nitrogens with zero attached hydrogens (tertiary/aromatic N) is 4. The van der Waals surface area contributed by atoms with Crippen molar-refractivity contribution in [2.75, 3.05) is 38.2 Å². The van der Waals surface area contributed by atoms with Gasteiger partial charge in [-0.25, -0.2) is 0 Å². The summed E-state index contributed by atoms with van der Waals surface area (Å²) in [6.45, 7) is 3.23. The van der Waals surface area contributed by atoms with Crippen molar-refractivity contribution in [1.29, 1.82) is 0 Å². The lowest BCUT2D eigenvalue weighted by Crippen LogP contribution is -2.41. The Morgan fingerprint density at radius 1 is 1.12 bits per heavy atom. The lowest BCUT2D eigenvalue weighted by atomic mass is 10.1. The molecule has 2 aliphatic rings. The van der Waals surface area contributed by atoms with Crippen molar-refractivity contribution in [1.82, 2.24) is 9.80 Å². The van der Waals surface area contributed by atoms with E-state index in [2.05, 4.69) is 17.0 Å². The second-order valence-corrected chi connectivity index (χ2v) is 6.30. The van der Waals surface area contributed by atoms with E-state index in [1.807, 2.05) is 35.2 Å². The van der Waals surface area contributed by atoms with E-state index in [9.17, 15) is 9.59 Å². The molecule has 7 heteroatoms. The van der Waals surface area contributed by atoms with E-state index in [1.165, 1.54) is 0 Å². The summed E-state index contributed by atoms with van der Waals surface area (Å²) in [7, 11) is 2.06. The zero-order valence-corrected chi connectivity index (χ0v) is 13.9. The summed E-state index contributed by atoms with van der Waals surface area (Å²) >= 11 is 0. The summed E-state index contributed by atoms with van der Waals surface area (Å²) < 4.78 is 0. The predicted molar refractivity (Wildman–Crippen MR) is 92.6 cm³/mol. The van der Waals surface area contributed by atoms with Crippen molar-refractivity contribution in [3.8, 4) is 0 Å². The van der Waals surface area contributed by atoms with Crippen molar-refractivity contribution in [3.63, 3.8) is 0 Å². The summed E-state index contributed by atoms with van der Waals surface area (Å²) in [6, 6.07) is 8.73. The second-order valence-electron chi connectivity index (χ2n) is 6.30. The number of anilines is 1. The molecule has 0 spiro atoms. The Labute approximate surface area is 141 Å². The number of hydrazone groups is 1. The molecule has 1 fully saturated rings. The largest absolute Gasteiger partial charge is 0.368 e. The molecule has 0 aliphatic carbocycles. The maximum absolute atomic E-state index is 12.8. The molecule has 1 aromatic rings. The third kappa shape index (κ3) is 3.41. The molecule has 3 rings (SSSR count). The number of para-hydroxylation sites is 1. The minimum atomic E-state index is -0.610. The summed E-state index contributed by atoms with van der Waals surface area (Å²) in [5.41, 5.74) is 6.70. The molecule has 2 aliphatic heterocycles. The number of benzene rings is 1. The summed E-state index contributed by atoms with van der Waals surface area (Å²) in [4.78, 5) is 28.6. The molecule has 24 heavy (non-hydrogen) atoms. The lowest BCUT2D eigenvalue weighted by molar-refractivity contribution is -0.124. The average molecular weight is 329 g/mol. The number of carbonyl (C=O) groups excluding carboxylic acids is 2. The van der Waals surface area contributed by atoms with E-state index in [-0.39, 0.29) is 12.3 Å². The molecule has 128 valence electrons. The monoisotopic (exact) mass is 329 g/mol. The first-order chi connectivity index (χ1) is 11.6. The summed E-state index contributed by atoms with van der Waals surface area (Å²) in [5, 5.41) is 6.00. The normalized spacial score (nSPS) is 22.2. The molecule has 7 nitrogen and oxygen atoms in total. The third-order valence-corrected chi connectivity index (χ3v) is 4.51. The first-order valence-electron chi connectivity index (χ1n) is 8.25.